The van der Waals surface area contributed by atoms with Gasteiger partial charge in [0.2, 0.25) is 0 Å². The predicted octanol–water partition coefficient (Wildman–Crippen LogP) is 8.48. The standard InChI is InChI=1S/C26H54O3Si/c1-5-9-10-11-12-13-14-15-16-17-18-19-20-23-26(27-6-2)24-21-22-25-30(26,28-7-3)29-8-4/h5-25H2,1-4H3. The normalized spacial score (nSPS) is 21.2. The summed E-state index contributed by atoms with van der Waals surface area (Å²) >= 11 is 0. The highest BCUT2D eigenvalue weighted by atomic mass is 28.4. The van der Waals surface area contributed by atoms with Gasteiger partial charge in [-0.1, -0.05) is 103 Å². The van der Waals surface area contributed by atoms with E-state index in [1.807, 2.05) is 0 Å². The van der Waals surface area contributed by atoms with Gasteiger partial charge < -0.3 is 13.6 Å². The molecular formula is C26H54O3Si. The first-order chi connectivity index (χ1) is 14.7. The minimum absolute atomic E-state index is 0.121. The van der Waals surface area contributed by atoms with Gasteiger partial charge in [-0.15, -0.1) is 0 Å². The van der Waals surface area contributed by atoms with Gasteiger partial charge in [-0.3, -0.25) is 0 Å². The minimum Gasteiger partial charge on any atom is -0.393 e. The molecule has 0 N–H and O–H groups in total. The van der Waals surface area contributed by atoms with Gasteiger partial charge in [-0.05, 0) is 39.7 Å². The molecule has 1 fully saturated rings. The van der Waals surface area contributed by atoms with Gasteiger partial charge in [0, 0.05) is 19.8 Å². The van der Waals surface area contributed by atoms with Crippen LogP contribution in [0.3, 0.4) is 0 Å². The van der Waals surface area contributed by atoms with Crippen molar-refractivity contribution in [1.82, 2.24) is 0 Å². The molecule has 1 unspecified atom stereocenters. The summed E-state index contributed by atoms with van der Waals surface area (Å²) in [4.78, 5) is 0. The second kappa shape index (κ2) is 17.6. The topological polar surface area (TPSA) is 27.7 Å². The highest BCUT2D eigenvalue weighted by Gasteiger charge is 2.59. The van der Waals surface area contributed by atoms with Crippen LogP contribution in [0.5, 0.6) is 0 Å². The molecule has 0 bridgehead atoms. The second-order valence-corrected chi connectivity index (χ2v) is 12.7. The number of hydrogen-bond donors (Lipinski definition) is 0. The first-order valence-corrected chi connectivity index (χ1v) is 15.6. The Kier molecular flexibility index (Phi) is 16.5. The largest absolute Gasteiger partial charge is 0.393 e. The summed E-state index contributed by atoms with van der Waals surface area (Å²) in [6, 6.07) is 1.10. The second-order valence-electron chi connectivity index (χ2n) is 9.25. The van der Waals surface area contributed by atoms with Crippen LogP contribution in [0.4, 0.5) is 0 Å². The fourth-order valence-corrected chi connectivity index (χ4v) is 9.86. The number of ether oxygens (including phenoxy) is 1. The smallest absolute Gasteiger partial charge is 0.371 e. The molecule has 0 saturated carbocycles. The molecule has 0 aliphatic carbocycles. The average molecular weight is 443 g/mol. The molecule has 0 spiro atoms. The lowest BCUT2D eigenvalue weighted by Crippen LogP contribution is -2.66. The van der Waals surface area contributed by atoms with Crippen molar-refractivity contribution < 1.29 is 13.6 Å². The Hall–Kier alpha value is 0.0969. The van der Waals surface area contributed by atoms with Crippen molar-refractivity contribution in [3.05, 3.63) is 0 Å². The highest BCUT2D eigenvalue weighted by molar-refractivity contribution is 6.70. The van der Waals surface area contributed by atoms with Gasteiger partial charge in [-0.25, -0.2) is 0 Å². The van der Waals surface area contributed by atoms with E-state index in [0.29, 0.717) is 0 Å². The van der Waals surface area contributed by atoms with Crippen LogP contribution in [0.1, 0.15) is 137 Å². The molecule has 3 nitrogen and oxygen atoms in total. The number of unbranched alkanes of at least 4 members (excludes halogenated alkanes) is 12. The van der Waals surface area contributed by atoms with Crippen LogP contribution in [-0.2, 0) is 13.6 Å². The Bertz CT molecular complexity index is 375. The Morgan fingerprint density at radius 3 is 1.57 bits per heavy atom. The lowest BCUT2D eigenvalue weighted by molar-refractivity contribution is -0.0468. The first kappa shape index (κ1) is 28.1. The van der Waals surface area contributed by atoms with E-state index in [2.05, 4.69) is 27.7 Å². The van der Waals surface area contributed by atoms with Crippen molar-refractivity contribution in [3.63, 3.8) is 0 Å². The van der Waals surface area contributed by atoms with E-state index in [4.69, 9.17) is 13.6 Å². The van der Waals surface area contributed by atoms with Crippen LogP contribution < -0.4 is 0 Å². The van der Waals surface area contributed by atoms with Gasteiger partial charge in [0.05, 0.1) is 0 Å². The summed E-state index contributed by atoms with van der Waals surface area (Å²) in [5.74, 6) is 0. The predicted molar refractivity (Wildman–Crippen MR) is 132 cm³/mol. The summed E-state index contributed by atoms with van der Waals surface area (Å²) in [7, 11) is -2.31. The van der Waals surface area contributed by atoms with Gasteiger partial charge in [0.25, 0.3) is 0 Å². The molecule has 180 valence electrons. The zero-order valence-corrected chi connectivity index (χ0v) is 22.1. The monoisotopic (exact) mass is 442 g/mol. The average Bonchev–Trinajstić information content (AvgIpc) is 2.74. The molecule has 0 radical (unpaired) electrons. The summed E-state index contributed by atoms with van der Waals surface area (Å²) in [5.41, 5.74) is 0. The van der Waals surface area contributed by atoms with Gasteiger partial charge in [0.1, 0.15) is 5.22 Å². The molecule has 0 aromatic heterocycles. The van der Waals surface area contributed by atoms with Gasteiger partial charge >= 0.3 is 8.56 Å². The fraction of sp³-hybridized carbons (Fsp3) is 1.00. The lowest BCUT2D eigenvalue weighted by Gasteiger charge is -2.49. The van der Waals surface area contributed by atoms with Crippen molar-refractivity contribution in [2.45, 2.75) is 148 Å². The molecule has 1 atom stereocenters. The number of rotatable bonds is 20. The Balaban J connectivity index is 2.28. The highest BCUT2D eigenvalue weighted by Crippen LogP contribution is 2.44. The summed E-state index contributed by atoms with van der Waals surface area (Å²) < 4.78 is 19.4. The maximum atomic E-state index is 6.51. The molecule has 1 heterocycles. The maximum absolute atomic E-state index is 6.51. The van der Waals surface area contributed by atoms with Crippen LogP contribution >= 0.6 is 0 Å². The van der Waals surface area contributed by atoms with Crippen LogP contribution in [0.25, 0.3) is 0 Å². The molecule has 1 aliphatic rings. The Labute approximate surface area is 190 Å². The molecule has 1 aliphatic heterocycles. The van der Waals surface area contributed by atoms with E-state index in [1.165, 1.54) is 96.3 Å². The van der Waals surface area contributed by atoms with E-state index < -0.39 is 8.56 Å². The third-order valence-electron chi connectivity index (χ3n) is 6.89. The van der Waals surface area contributed by atoms with E-state index in [1.54, 1.807) is 0 Å². The van der Waals surface area contributed by atoms with E-state index in [0.717, 1.165) is 38.7 Å². The molecule has 0 aromatic carbocycles. The van der Waals surface area contributed by atoms with Crippen molar-refractivity contribution in [1.29, 1.82) is 0 Å². The van der Waals surface area contributed by atoms with Gasteiger partial charge in [0.15, 0.2) is 0 Å². The fourth-order valence-electron chi connectivity index (χ4n) is 5.38. The zero-order chi connectivity index (χ0) is 22.0. The molecule has 1 saturated heterocycles. The molecular weight excluding hydrogens is 388 g/mol. The summed E-state index contributed by atoms with van der Waals surface area (Å²) in [6.45, 7) is 10.9. The molecule has 1 rings (SSSR count). The van der Waals surface area contributed by atoms with Crippen molar-refractivity contribution >= 4 is 8.56 Å². The third kappa shape index (κ3) is 9.71. The maximum Gasteiger partial charge on any atom is 0.371 e. The SMILES string of the molecule is CCCCCCCCCCCCCCCC1(OCC)CCCC[Si]1(OCC)OCC. The van der Waals surface area contributed by atoms with E-state index >= 15 is 0 Å². The quantitative estimate of drug-likeness (QED) is 0.140. The summed E-state index contributed by atoms with van der Waals surface area (Å²) in [5, 5.41) is -0.121. The van der Waals surface area contributed by atoms with Crippen LogP contribution in [0, 0.1) is 0 Å². The molecule has 0 aromatic rings. The zero-order valence-electron chi connectivity index (χ0n) is 21.1. The molecule has 4 heteroatoms. The molecule has 0 amide bonds. The lowest BCUT2D eigenvalue weighted by atomic mass is 10.0. The molecule has 30 heavy (non-hydrogen) atoms. The van der Waals surface area contributed by atoms with Crippen molar-refractivity contribution in [2.24, 2.45) is 0 Å². The third-order valence-corrected chi connectivity index (χ3v) is 11.4. The Morgan fingerprint density at radius 2 is 1.10 bits per heavy atom. The van der Waals surface area contributed by atoms with E-state index in [9.17, 15) is 0 Å². The van der Waals surface area contributed by atoms with Crippen molar-refractivity contribution in [2.75, 3.05) is 19.8 Å². The summed E-state index contributed by atoms with van der Waals surface area (Å²) in [6.07, 6.45) is 23.0. The van der Waals surface area contributed by atoms with Crippen LogP contribution in [-0.4, -0.2) is 33.6 Å². The minimum atomic E-state index is -2.31. The van der Waals surface area contributed by atoms with Crippen molar-refractivity contribution in [3.8, 4) is 0 Å². The first-order valence-electron chi connectivity index (χ1n) is 13.6. The van der Waals surface area contributed by atoms with Crippen LogP contribution in [0.15, 0.2) is 0 Å². The van der Waals surface area contributed by atoms with Gasteiger partial charge in [-0.2, -0.15) is 0 Å². The van der Waals surface area contributed by atoms with Crippen LogP contribution in [0.2, 0.25) is 6.04 Å². The number of hydrogen-bond acceptors (Lipinski definition) is 3. The Morgan fingerprint density at radius 1 is 0.600 bits per heavy atom. The van der Waals surface area contributed by atoms with E-state index in [-0.39, 0.29) is 5.22 Å².